The van der Waals surface area contributed by atoms with Crippen molar-refractivity contribution in [2.24, 2.45) is 0 Å². The van der Waals surface area contributed by atoms with Gasteiger partial charge in [-0.15, -0.1) is 0 Å². The molecule has 0 bridgehead atoms. The average Bonchev–Trinajstić information content (AvgIpc) is 2.87. The summed E-state index contributed by atoms with van der Waals surface area (Å²) >= 11 is 0. The fourth-order valence-electron chi connectivity index (χ4n) is 3.57. The molecule has 0 aliphatic carbocycles. The molecule has 1 aliphatic rings. The van der Waals surface area contributed by atoms with Crippen LogP contribution in [-0.4, -0.2) is 53.2 Å². The number of nitrogens with one attached hydrogen (secondary N) is 2. The molecule has 1 aliphatic heterocycles. The first-order valence-electron chi connectivity index (χ1n) is 10.3. The highest BCUT2D eigenvalue weighted by Gasteiger charge is 2.36. The van der Waals surface area contributed by atoms with Gasteiger partial charge in [-0.3, -0.25) is 19.3 Å². The van der Waals surface area contributed by atoms with Crippen LogP contribution in [0.15, 0.2) is 42.6 Å². The summed E-state index contributed by atoms with van der Waals surface area (Å²) in [5.41, 5.74) is 1.78. The zero-order valence-electron chi connectivity index (χ0n) is 17.7. The summed E-state index contributed by atoms with van der Waals surface area (Å²) in [6.07, 6.45) is -5.09. The first-order valence-corrected chi connectivity index (χ1v) is 10.3. The van der Waals surface area contributed by atoms with E-state index in [-0.39, 0.29) is 13.2 Å². The van der Waals surface area contributed by atoms with Gasteiger partial charge in [0.05, 0.1) is 19.6 Å². The van der Waals surface area contributed by atoms with Gasteiger partial charge < -0.3 is 15.7 Å². The summed E-state index contributed by atoms with van der Waals surface area (Å²) in [7, 11) is 0. The zero-order valence-corrected chi connectivity index (χ0v) is 17.7. The summed E-state index contributed by atoms with van der Waals surface area (Å²) in [6, 6.07) is 8.04. The number of halogens is 3. The molecule has 8 nitrogen and oxygen atoms in total. The van der Waals surface area contributed by atoms with Gasteiger partial charge in [0.1, 0.15) is 17.9 Å². The lowest BCUT2D eigenvalue weighted by atomic mass is 9.96. The summed E-state index contributed by atoms with van der Waals surface area (Å²) in [4.78, 5) is 43.5. The van der Waals surface area contributed by atoms with E-state index in [4.69, 9.17) is 0 Å². The van der Waals surface area contributed by atoms with E-state index in [2.05, 4.69) is 15.6 Å². The Morgan fingerprint density at radius 3 is 2.58 bits per heavy atom. The smallest absolute Gasteiger partial charge is 0.389 e. The van der Waals surface area contributed by atoms with Crippen molar-refractivity contribution in [3.63, 3.8) is 0 Å². The van der Waals surface area contributed by atoms with Gasteiger partial charge >= 0.3 is 6.18 Å². The van der Waals surface area contributed by atoms with Crippen LogP contribution in [0.1, 0.15) is 31.4 Å². The average molecular weight is 464 g/mol. The molecule has 2 atom stereocenters. The van der Waals surface area contributed by atoms with Crippen molar-refractivity contribution >= 4 is 23.5 Å². The second kappa shape index (κ2) is 9.99. The number of hydrogen-bond acceptors (Lipinski definition) is 5. The monoisotopic (exact) mass is 464 g/mol. The van der Waals surface area contributed by atoms with Crippen LogP contribution in [0.5, 0.6) is 0 Å². The van der Waals surface area contributed by atoms with Crippen LogP contribution in [0.25, 0.3) is 11.1 Å². The molecule has 0 unspecified atom stereocenters. The van der Waals surface area contributed by atoms with Crippen LogP contribution >= 0.6 is 0 Å². The van der Waals surface area contributed by atoms with Crippen molar-refractivity contribution in [2.75, 3.05) is 18.1 Å². The molecule has 33 heavy (non-hydrogen) atoms. The number of amides is 3. The number of rotatable bonds is 7. The molecule has 0 radical (unpaired) electrons. The Labute approximate surface area is 187 Å². The van der Waals surface area contributed by atoms with Gasteiger partial charge in [-0.2, -0.15) is 13.2 Å². The molecule has 3 amide bonds. The lowest BCUT2D eigenvalue weighted by molar-refractivity contribution is -0.144. The first-order chi connectivity index (χ1) is 15.6. The van der Waals surface area contributed by atoms with Gasteiger partial charge in [-0.25, -0.2) is 4.98 Å². The highest BCUT2D eigenvalue weighted by atomic mass is 19.4. The lowest BCUT2D eigenvalue weighted by Gasteiger charge is -2.26. The molecule has 176 valence electrons. The third kappa shape index (κ3) is 5.67. The summed E-state index contributed by atoms with van der Waals surface area (Å²) in [5, 5.41) is 14.3. The summed E-state index contributed by atoms with van der Waals surface area (Å²) < 4.78 is 37.0. The van der Waals surface area contributed by atoms with Crippen LogP contribution in [0.2, 0.25) is 0 Å². The molecular formula is C22H23F3N4O4. The van der Waals surface area contributed by atoms with E-state index in [1.165, 1.54) is 18.0 Å². The van der Waals surface area contributed by atoms with Crippen molar-refractivity contribution in [1.29, 1.82) is 0 Å². The molecule has 2 aromatic rings. The summed E-state index contributed by atoms with van der Waals surface area (Å²) in [5.74, 6) is -1.89. The van der Waals surface area contributed by atoms with Crippen molar-refractivity contribution in [3.05, 3.63) is 48.2 Å². The van der Waals surface area contributed by atoms with E-state index in [0.29, 0.717) is 22.5 Å². The minimum Gasteiger partial charge on any atom is -0.395 e. The topological polar surface area (TPSA) is 112 Å². The predicted molar refractivity (Wildman–Crippen MR) is 113 cm³/mol. The van der Waals surface area contributed by atoms with Gasteiger partial charge in [-0.1, -0.05) is 24.3 Å². The summed E-state index contributed by atoms with van der Waals surface area (Å²) in [6.45, 7) is 0.910. The first kappa shape index (κ1) is 24.2. The molecular weight excluding hydrogens is 441 g/mol. The Kier molecular flexibility index (Phi) is 7.32. The molecule has 0 fully saturated rings. The highest BCUT2D eigenvalue weighted by Crippen LogP contribution is 2.38. The van der Waals surface area contributed by atoms with E-state index in [1.807, 2.05) is 0 Å². The van der Waals surface area contributed by atoms with Gasteiger partial charge in [0.2, 0.25) is 11.8 Å². The minimum atomic E-state index is -4.49. The molecule has 0 saturated carbocycles. The molecule has 0 saturated heterocycles. The Hall–Kier alpha value is -3.47. The number of hydrogen-bond donors (Lipinski definition) is 3. The predicted octanol–water partition coefficient (Wildman–Crippen LogP) is 2.09. The lowest BCUT2D eigenvalue weighted by Crippen LogP contribution is -2.50. The second-order valence-electron chi connectivity index (χ2n) is 7.52. The quantitative estimate of drug-likeness (QED) is 0.581. The van der Waals surface area contributed by atoms with Crippen molar-refractivity contribution < 1.29 is 32.7 Å². The van der Waals surface area contributed by atoms with Gasteiger partial charge in [0, 0.05) is 18.2 Å². The Bertz CT molecular complexity index is 1040. The Balaban J connectivity index is 1.85. The van der Waals surface area contributed by atoms with E-state index >= 15 is 0 Å². The molecule has 3 rings (SSSR count). The fraction of sp³-hybridized carbons (Fsp3) is 0.364. The van der Waals surface area contributed by atoms with Crippen molar-refractivity contribution in [3.8, 4) is 11.1 Å². The number of fused-ring (bicyclic) bond motifs is 3. The molecule has 0 spiro atoms. The van der Waals surface area contributed by atoms with Crippen molar-refractivity contribution in [2.45, 2.75) is 38.0 Å². The number of nitrogens with zero attached hydrogens (tertiary/aromatic N) is 2. The molecule has 11 heteroatoms. The van der Waals surface area contributed by atoms with Crippen LogP contribution < -0.4 is 15.5 Å². The Morgan fingerprint density at radius 2 is 1.88 bits per heavy atom. The molecule has 2 heterocycles. The third-order valence-electron chi connectivity index (χ3n) is 5.13. The molecule has 1 aromatic carbocycles. The Morgan fingerprint density at radius 1 is 1.18 bits per heavy atom. The number of aliphatic hydroxyl groups is 1. The number of benzene rings is 1. The van der Waals surface area contributed by atoms with Crippen LogP contribution in [0.4, 0.5) is 19.0 Å². The van der Waals surface area contributed by atoms with Crippen LogP contribution in [0.3, 0.4) is 0 Å². The van der Waals surface area contributed by atoms with E-state index < -0.39 is 48.8 Å². The zero-order chi connectivity index (χ0) is 24.2. The van der Waals surface area contributed by atoms with Crippen LogP contribution in [-0.2, 0) is 14.4 Å². The highest BCUT2D eigenvalue weighted by molar-refractivity contribution is 6.05. The van der Waals surface area contributed by atoms with Gasteiger partial charge in [-0.05, 0) is 30.2 Å². The maximum absolute atomic E-state index is 13.4. The van der Waals surface area contributed by atoms with Crippen LogP contribution in [0, 0.1) is 0 Å². The van der Waals surface area contributed by atoms with Crippen molar-refractivity contribution in [1.82, 2.24) is 15.6 Å². The van der Waals surface area contributed by atoms with Gasteiger partial charge in [0.15, 0.2) is 0 Å². The maximum Gasteiger partial charge on any atom is 0.389 e. The second-order valence-corrected chi connectivity index (χ2v) is 7.52. The maximum atomic E-state index is 13.4. The van der Waals surface area contributed by atoms with E-state index in [1.54, 1.807) is 36.4 Å². The number of aromatic nitrogens is 1. The number of anilines is 1. The van der Waals surface area contributed by atoms with E-state index in [9.17, 15) is 32.7 Å². The minimum absolute atomic E-state index is 0.0626. The van der Waals surface area contributed by atoms with Gasteiger partial charge in [0.25, 0.3) is 5.91 Å². The number of β-amino-alcohol motifs (C(OH)–C–C–N with tert-alkyl or cyclic N) is 1. The fourth-order valence-corrected chi connectivity index (χ4v) is 3.57. The SMILES string of the molecule is C[C@@H](NC(=O)CCC(F)(F)F)C(=O)N[C@H]1C(=O)N(CCO)c2ncccc2-c2ccccc21. The number of pyridine rings is 1. The molecule has 3 N–H and O–H groups in total. The number of alkyl halides is 3. The third-order valence-corrected chi connectivity index (χ3v) is 5.13. The number of aliphatic hydroxyl groups excluding tert-OH is 1. The number of carbonyl (C=O) groups is 3. The normalized spacial score (nSPS) is 16.3. The standard InChI is InChI=1S/C22H23F3N4O4/c1-13(27-17(31)8-9-22(23,24)25)20(32)28-18-15-6-3-2-5-14(15)16-7-4-10-26-19(16)29(11-12-30)21(18)33/h2-7,10,13,18,30H,8-9,11-12H2,1H3,(H,27,31)(H,28,32)/t13-,18-/m1/s1. The number of carbonyl (C=O) groups excluding carboxylic acids is 3. The molecule has 1 aromatic heterocycles. The van der Waals surface area contributed by atoms with E-state index in [0.717, 1.165) is 0 Å². The largest absolute Gasteiger partial charge is 0.395 e.